The van der Waals surface area contributed by atoms with E-state index < -0.39 is 0 Å². The molecule has 1 aliphatic carbocycles. The van der Waals surface area contributed by atoms with Crippen LogP contribution in [0.2, 0.25) is 0 Å². The highest BCUT2D eigenvalue weighted by Crippen LogP contribution is 2.31. The summed E-state index contributed by atoms with van der Waals surface area (Å²) in [6, 6.07) is 10.4. The number of hydrogen-bond acceptors (Lipinski definition) is 3. The summed E-state index contributed by atoms with van der Waals surface area (Å²) in [6.07, 6.45) is 0.715. The molecule has 3 heteroatoms. The summed E-state index contributed by atoms with van der Waals surface area (Å²) in [5.74, 6) is -0.317. The molecule has 2 aromatic carbocycles. The molecule has 3 nitrogen and oxygen atoms in total. The van der Waals surface area contributed by atoms with Crippen molar-refractivity contribution in [1.82, 2.24) is 0 Å². The fourth-order valence-corrected chi connectivity index (χ4v) is 2.81. The molecule has 0 saturated carbocycles. The van der Waals surface area contributed by atoms with Crippen LogP contribution in [0.1, 0.15) is 49.9 Å². The van der Waals surface area contributed by atoms with E-state index in [0.717, 1.165) is 5.56 Å². The zero-order valence-corrected chi connectivity index (χ0v) is 11.1. The van der Waals surface area contributed by atoms with Crippen LogP contribution in [-0.4, -0.2) is 16.7 Å². The van der Waals surface area contributed by atoms with E-state index in [-0.39, 0.29) is 18.2 Å². The maximum Gasteiger partial charge on any atom is 0.194 e. The van der Waals surface area contributed by atoms with Crippen molar-refractivity contribution < 1.29 is 14.7 Å². The van der Waals surface area contributed by atoms with Gasteiger partial charge < -0.3 is 5.11 Å². The Balaban J connectivity index is 2.33. The Kier molecular flexibility index (Phi) is 2.99. The minimum atomic E-state index is -0.229. The lowest BCUT2D eigenvalue weighted by atomic mass is 9.80. The van der Waals surface area contributed by atoms with E-state index in [1.54, 1.807) is 30.3 Å². The van der Waals surface area contributed by atoms with Gasteiger partial charge in [-0.25, -0.2) is 0 Å². The van der Waals surface area contributed by atoms with Crippen LogP contribution in [0.3, 0.4) is 0 Å². The molecular formula is C17H14O3. The van der Waals surface area contributed by atoms with Crippen molar-refractivity contribution in [2.75, 3.05) is 0 Å². The number of hydrogen-bond donors (Lipinski definition) is 1. The SMILES string of the molecule is CCc1ccc2c(c1CO)C(=O)c1ccccc1C2=O. The van der Waals surface area contributed by atoms with Crippen LogP contribution in [0.25, 0.3) is 0 Å². The molecule has 2 aromatic rings. The Morgan fingerprint density at radius 3 is 2.15 bits per heavy atom. The summed E-state index contributed by atoms with van der Waals surface area (Å²) in [6.45, 7) is 1.73. The number of ketones is 2. The van der Waals surface area contributed by atoms with Crippen molar-refractivity contribution in [1.29, 1.82) is 0 Å². The third-order valence-corrected chi connectivity index (χ3v) is 3.84. The average Bonchev–Trinajstić information content (AvgIpc) is 2.51. The Hall–Kier alpha value is -2.26. The number of carbonyl (C=O) groups excluding carboxylic acids is 2. The summed E-state index contributed by atoms with van der Waals surface area (Å²) in [7, 11) is 0. The molecule has 0 bridgehead atoms. The summed E-state index contributed by atoms with van der Waals surface area (Å²) in [5, 5.41) is 9.59. The lowest BCUT2D eigenvalue weighted by Gasteiger charge is -2.21. The lowest BCUT2D eigenvalue weighted by Crippen LogP contribution is -2.23. The molecule has 0 heterocycles. The van der Waals surface area contributed by atoms with E-state index in [1.165, 1.54) is 0 Å². The Bertz CT molecular complexity index is 729. The van der Waals surface area contributed by atoms with Gasteiger partial charge in [-0.3, -0.25) is 9.59 Å². The first kappa shape index (κ1) is 12.8. The molecule has 0 unspecified atom stereocenters. The first-order valence-electron chi connectivity index (χ1n) is 6.63. The molecule has 0 saturated heterocycles. The van der Waals surface area contributed by atoms with Gasteiger partial charge in [-0.2, -0.15) is 0 Å². The number of aliphatic hydroxyl groups excluding tert-OH is 1. The van der Waals surface area contributed by atoms with Gasteiger partial charge in [0.05, 0.1) is 6.61 Å². The quantitative estimate of drug-likeness (QED) is 0.775. The molecular weight excluding hydrogens is 252 g/mol. The van der Waals surface area contributed by atoms with Gasteiger partial charge in [0, 0.05) is 22.3 Å². The van der Waals surface area contributed by atoms with E-state index in [1.807, 2.05) is 13.0 Å². The molecule has 100 valence electrons. The van der Waals surface area contributed by atoms with Crippen LogP contribution in [-0.2, 0) is 13.0 Å². The second kappa shape index (κ2) is 4.69. The number of aliphatic hydroxyl groups is 1. The number of benzene rings is 2. The standard InChI is InChI=1S/C17H14O3/c1-2-10-7-8-13-15(14(10)9-18)17(20)12-6-4-3-5-11(12)16(13)19/h3-8,18H,2,9H2,1H3. The third kappa shape index (κ3) is 1.63. The predicted molar refractivity (Wildman–Crippen MR) is 75.0 cm³/mol. The molecule has 0 atom stereocenters. The predicted octanol–water partition coefficient (Wildman–Crippen LogP) is 2.52. The van der Waals surface area contributed by atoms with Crippen LogP contribution in [0, 0.1) is 0 Å². The molecule has 20 heavy (non-hydrogen) atoms. The molecule has 0 fully saturated rings. The monoisotopic (exact) mass is 266 g/mol. The van der Waals surface area contributed by atoms with Gasteiger partial charge in [0.1, 0.15) is 0 Å². The van der Waals surface area contributed by atoms with Gasteiger partial charge in [-0.05, 0) is 23.6 Å². The molecule has 3 rings (SSSR count). The van der Waals surface area contributed by atoms with E-state index in [2.05, 4.69) is 0 Å². The fourth-order valence-electron chi connectivity index (χ4n) is 2.81. The number of fused-ring (bicyclic) bond motifs is 2. The van der Waals surface area contributed by atoms with Gasteiger partial charge in [0.2, 0.25) is 0 Å². The zero-order chi connectivity index (χ0) is 14.3. The van der Waals surface area contributed by atoms with E-state index >= 15 is 0 Å². The highest BCUT2D eigenvalue weighted by atomic mass is 16.3. The Labute approximate surface area is 116 Å². The average molecular weight is 266 g/mol. The van der Waals surface area contributed by atoms with Gasteiger partial charge in [-0.15, -0.1) is 0 Å². The molecule has 0 amide bonds. The van der Waals surface area contributed by atoms with Crippen LogP contribution in [0.15, 0.2) is 36.4 Å². The number of carbonyl (C=O) groups is 2. The highest BCUT2D eigenvalue weighted by Gasteiger charge is 2.31. The van der Waals surface area contributed by atoms with Crippen LogP contribution in [0.5, 0.6) is 0 Å². The second-order valence-corrected chi connectivity index (χ2v) is 4.84. The summed E-state index contributed by atoms with van der Waals surface area (Å²) < 4.78 is 0. The molecule has 0 aliphatic heterocycles. The van der Waals surface area contributed by atoms with E-state index in [0.29, 0.717) is 34.2 Å². The van der Waals surface area contributed by atoms with E-state index in [9.17, 15) is 14.7 Å². The maximum atomic E-state index is 12.6. The fraction of sp³-hybridized carbons (Fsp3) is 0.176. The van der Waals surface area contributed by atoms with Crippen molar-refractivity contribution >= 4 is 11.6 Å². The van der Waals surface area contributed by atoms with Crippen LogP contribution >= 0.6 is 0 Å². The van der Waals surface area contributed by atoms with Crippen LogP contribution < -0.4 is 0 Å². The Morgan fingerprint density at radius 2 is 1.55 bits per heavy atom. The van der Waals surface area contributed by atoms with E-state index in [4.69, 9.17) is 0 Å². The van der Waals surface area contributed by atoms with Gasteiger partial charge in [-0.1, -0.05) is 37.3 Å². The Morgan fingerprint density at radius 1 is 0.900 bits per heavy atom. The molecule has 0 spiro atoms. The largest absolute Gasteiger partial charge is 0.392 e. The van der Waals surface area contributed by atoms with Gasteiger partial charge in [0.15, 0.2) is 11.6 Å². The van der Waals surface area contributed by atoms with Gasteiger partial charge in [0.25, 0.3) is 0 Å². The van der Waals surface area contributed by atoms with Crippen molar-refractivity contribution in [2.24, 2.45) is 0 Å². The van der Waals surface area contributed by atoms with Gasteiger partial charge >= 0.3 is 0 Å². The first-order valence-corrected chi connectivity index (χ1v) is 6.63. The molecule has 0 radical (unpaired) electrons. The second-order valence-electron chi connectivity index (χ2n) is 4.84. The third-order valence-electron chi connectivity index (χ3n) is 3.84. The highest BCUT2D eigenvalue weighted by molar-refractivity contribution is 6.28. The molecule has 1 N–H and O–H groups in total. The summed E-state index contributed by atoms with van der Waals surface area (Å²) in [4.78, 5) is 25.1. The number of aryl methyl sites for hydroxylation is 1. The maximum absolute atomic E-state index is 12.6. The molecule has 0 aromatic heterocycles. The lowest BCUT2D eigenvalue weighted by molar-refractivity contribution is 0.0976. The van der Waals surface area contributed by atoms with Crippen molar-refractivity contribution in [3.63, 3.8) is 0 Å². The van der Waals surface area contributed by atoms with Crippen molar-refractivity contribution in [3.8, 4) is 0 Å². The minimum Gasteiger partial charge on any atom is -0.392 e. The smallest absolute Gasteiger partial charge is 0.194 e. The summed E-state index contributed by atoms with van der Waals surface area (Å²) >= 11 is 0. The topological polar surface area (TPSA) is 54.4 Å². The number of rotatable bonds is 2. The zero-order valence-electron chi connectivity index (χ0n) is 11.1. The first-order chi connectivity index (χ1) is 9.69. The minimum absolute atomic E-state index is 0.146. The van der Waals surface area contributed by atoms with Crippen LogP contribution in [0.4, 0.5) is 0 Å². The van der Waals surface area contributed by atoms with Crippen molar-refractivity contribution in [3.05, 3.63) is 69.8 Å². The summed E-state index contributed by atoms with van der Waals surface area (Å²) in [5.41, 5.74) is 3.13. The normalized spacial score (nSPS) is 13.1. The molecule has 1 aliphatic rings. The van der Waals surface area contributed by atoms with Crippen molar-refractivity contribution in [2.45, 2.75) is 20.0 Å².